The molecule has 2 aromatic rings. The maximum absolute atomic E-state index is 14.2. The van der Waals surface area contributed by atoms with Gasteiger partial charge in [-0.2, -0.15) is 0 Å². The van der Waals surface area contributed by atoms with Crippen LogP contribution in [0.4, 0.5) is 4.39 Å². The van der Waals surface area contributed by atoms with E-state index in [9.17, 15) is 17.6 Å². The summed E-state index contributed by atoms with van der Waals surface area (Å²) in [7, 11) is -2.44. The second-order valence-corrected chi connectivity index (χ2v) is 9.91. The highest BCUT2D eigenvalue weighted by Crippen LogP contribution is 2.32. The van der Waals surface area contributed by atoms with Crippen molar-refractivity contribution in [2.45, 2.75) is 62.0 Å². The van der Waals surface area contributed by atoms with Crippen molar-refractivity contribution in [1.82, 2.24) is 9.62 Å². The molecule has 1 amide bonds. The first-order valence-electron chi connectivity index (χ1n) is 10.6. The van der Waals surface area contributed by atoms with Crippen molar-refractivity contribution in [3.8, 4) is 5.75 Å². The van der Waals surface area contributed by atoms with E-state index in [1.807, 2.05) is 0 Å². The molecule has 0 radical (unpaired) electrons. The summed E-state index contributed by atoms with van der Waals surface area (Å²) in [6.45, 7) is 0.143. The van der Waals surface area contributed by atoms with Crippen LogP contribution in [0.15, 0.2) is 47.4 Å². The second-order valence-electron chi connectivity index (χ2n) is 8.22. The number of rotatable bonds is 8. The fourth-order valence-corrected chi connectivity index (χ4v) is 5.58. The van der Waals surface area contributed by atoms with Crippen LogP contribution in [0.5, 0.6) is 5.75 Å². The zero-order valence-corrected chi connectivity index (χ0v) is 18.3. The fraction of sp³-hybridized carbons (Fsp3) is 0.435. The lowest BCUT2D eigenvalue weighted by molar-refractivity contribution is 0.0728. The smallest absolute Gasteiger partial charge is 0.254 e. The number of halogens is 1. The topological polar surface area (TPSA) is 75.7 Å². The number of nitrogens with one attached hydrogen (secondary N) is 1. The zero-order valence-electron chi connectivity index (χ0n) is 17.5. The molecule has 4 rings (SSSR count). The molecule has 8 heteroatoms. The number of carbonyl (C=O) groups is 1. The number of hydrogen-bond donors (Lipinski definition) is 1. The third kappa shape index (κ3) is 4.91. The highest BCUT2D eigenvalue weighted by atomic mass is 32.2. The molecule has 2 aliphatic rings. The average Bonchev–Trinajstić information content (AvgIpc) is 3.48. The van der Waals surface area contributed by atoms with Crippen LogP contribution in [0, 0.1) is 5.82 Å². The van der Waals surface area contributed by atoms with Gasteiger partial charge in [-0.1, -0.05) is 31.0 Å². The van der Waals surface area contributed by atoms with Gasteiger partial charge in [-0.3, -0.25) is 4.79 Å². The number of nitrogens with zero attached hydrogens (tertiary/aromatic N) is 1. The molecule has 0 aliphatic heterocycles. The van der Waals surface area contributed by atoms with Gasteiger partial charge in [-0.05, 0) is 49.9 Å². The van der Waals surface area contributed by atoms with Gasteiger partial charge in [0.05, 0.1) is 7.11 Å². The van der Waals surface area contributed by atoms with Gasteiger partial charge >= 0.3 is 0 Å². The van der Waals surface area contributed by atoms with Gasteiger partial charge in [0.15, 0.2) is 0 Å². The van der Waals surface area contributed by atoms with E-state index in [4.69, 9.17) is 4.74 Å². The minimum Gasteiger partial charge on any atom is -0.495 e. The number of sulfonamides is 1. The number of amides is 1. The quantitative estimate of drug-likeness (QED) is 0.668. The lowest BCUT2D eigenvalue weighted by Gasteiger charge is -2.23. The van der Waals surface area contributed by atoms with Gasteiger partial charge in [0.1, 0.15) is 16.5 Å². The van der Waals surface area contributed by atoms with Crippen LogP contribution in [-0.4, -0.2) is 38.4 Å². The first kappa shape index (κ1) is 21.8. The molecule has 2 aliphatic carbocycles. The summed E-state index contributed by atoms with van der Waals surface area (Å²) in [6.07, 6.45) is 5.30. The van der Waals surface area contributed by atoms with Crippen LogP contribution in [0.1, 0.15) is 54.4 Å². The predicted octanol–water partition coefficient (Wildman–Crippen LogP) is 3.86. The van der Waals surface area contributed by atoms with E-state index in [2.05, 4.69) is 4.72 Å². The van der Waals surface area contributed by atoms with Crippen molar-refractivity contribution < 1.29 is 22.3 Å². The molecule has 0 bridgehead atoms. The molecule has 0 unspecified atom stereocenters. The summed E-state index contributed by atoms with van der Waals surface area (Å²) in [5.41, 5.74) is 0.683. The predicted molar refractivity (Wildman–Crippen MR) is 115 cm³/mol. The lowest BCUT2D eigenvalue weighted by atomic mass is 10.1. The molecule has 166 valence electrons. The summed E-state index contributed by atoms with van der Waals surface area (Å²) in [6, 6.07) is 10.8. The summed E-state index contributed by atoms with van der Waals surface area (Å²) in [5.74, 6) is -0.487. The van der Waals surface area contributed by atoms with E-state index < -0.39 is 10.0 Å². The Kier molecular flexibility index (Phi) is 6.29. The lowest BCUT2D eigenvalue weighted by Crippen LogP contribution is -2.34. The molecular weight excluding hydrogens is 419 g/mol. The first-order chi connectivity index (χ1) is 14.9. The number of benzene rings is 2. The molecule has 0 heterocycles. The van der Waals surface area contributed by atoms with E-state index in [0.717, 1.165) is 38.5 Å². The number of carbonyl (C=O) groups excluding carboxylic acids is 1. The molecule has 2 fully saturated rings. The number of ether oxygens (including phenoxy) is 1. The van der Waals surface area contributed by atoms with Gasteiger partial charge in [0.25, 0.3) is 5.91 Å². The van der Waals surface area contributed by atoms with Crippen LogP contribution >= 0.6 is 0 Å². The van der Waals surface area contributed by atoms with Gasteiger partial charge in [0, 0.05) is 29.8 Å². The van der Waals surface area contributed by atoms with Crippen LogP contribution in [0.25, 0.3) is 0 Å². The molecule has 0 spiro atoms. The number of methoxy groups -OCH3 is 1. The zero-order chi connectivity index (χ0) is 22.0. The monoisotopic (exact) mass is 446 g/mol. The van der Waals surface area contributed by atoms with Gasteiger partial charge < -0.3 is 9.64 Å². The molecule has 2 saturated carbocycles. The van der Waals surface area contributed by atoms with E-state index in [0.29, 0.717) is 5.56 Å². The van der Waals surface area contributed by atoms with E-state index >= 15 is 0 Å². The Morgan fingerprint density at radius 2 is 1.84 bits per heavy atom. The van der Waals surface area contributed by atoms with Crippen molar-refractivity contribution in [3.63, 3.8) is 0 Å². The summed E-state index contributed by atoms with van der Waals surface area (Å²) >= 11 is 0. The summed E-state index contributed by atoms with van der Waals surface area (Å²) in [5, 5.41) is 0. The molecule has 31 heavy (non-hydrogen) atoms. The fourth-order valence-electron chi connectivity index (χ4n) is 4.08. The van der Waals surface area contributed by atoms with Crippen molar-refractivity contribution in [2.75, 3.05) is 7.11 Å². The van der Waals surface area contributed by atoms with Crippen molar-refractivity contribution in [2.24, 2.45) is 0 Å². The standard InChI is InChI=1S/C23H27FN2O4S/c1-30-21-13-10-16(14-22(21)31(28,29)25-18-7-3-4-8-18)23(27)26(19-11-12-19)15-17-6-2-5-9-20(17)24/h2,5-6,9-10,13-14,18-19,25H,3-4,7-8,11-12,15H2,1H3. The SMILES string of the molecule is COc1ccc(C(=O)N(Cc2ccccc2F)C2CC2)cc1S(=O)(=O)NC1CCCC1. The van der Waals surface area contributed by atoms with Crippen LogP contribution in [-0.2, 0) is 16.6 Å². The summed E-state index contributed by atoms with van der Waals surface area (Å²) < 4.78 is 48.2. The number of hydrogen-bond acceptors (Lipinski definition) is 4. The molecular formula is C23H27FN2O4S. The van der Waals surface area contributed by atoms with Gasteiger partial charge in [-0.25, -0.2) is 17.5 Å². The second kappa shape index (κ2) is 8.96. The average molecular weight is 447 g/mol. The normalized spacial score (nSPS) is 17.0. The maximum atomic E-state index is 14.2. The van der Waals surface area contributed by atoms with E-state index in [1.165, 1.54) is 25.3 Å². The van der Waals surface area contributed by atoms with E-state index in [1.54, 1.807) is 29.2 Å². The van der Waals surface area contributed by atoms with Gasteiger partial charge in [-0.15, -0.1) is 0 Å². The minimum atomic E-state index is -3.84. The molecule has 2 aromatic carbocycles. The minimum absolute atomic E-state index is 0.0332. The molecule has 1 N–H and O–H groups in total. The first-order valence-corrected chi connectivity index (χ1v) is 12.1. The van der Waals surface area contributed by atoms with Crippen LogP contribution in [0.2, 0.25) is 0 Å². The Balaban J connectivity index is 1.63. The Morgan fingerprint density at radius 1 is 1.13 bits per heavy atom. The van der Waals surface area contributed by atoms with E-state index in [-0.39, 0.29) is 46.6 Å². The third-order valence-corrected chi connectivity index (χ3v) is 7.47. The highest BCUT2D eigenvalue weighted by Gasteiger charge is 2.34. The molecule has 0 saturated heterocycles. The Bertz CT molecular complexity index is 1060. The Hall–Kier alpha value is -2.45. The molecule has 0 aromatic heterocycles. The van der Waals surface area contributed by atoms with Crippen LogP contribution in [0.3, 0.4) is 0 Å². The van der Waals surface area contributed by atoms with Crippen molar-refractivity contribution in [3.05, 3.63) is 59.4 Å². The Labute approximate surface area is 182 Å². The third-order valence-electron chi connectivity index (χ3n) is 5.92. The van der Waals surface area contributed by atoms with Gasteiger partial charge in [0.2, 0.25) is 10.0 Å². The van der Waals surface area contributed by atoms with Crippen LogP contribution < -0.4 is 9.46 Å². The Morgan fingerprint density at radius 3 is 2.48 bits per heavy atom. The maximum Gasteiger partial charge on any atom is 0.254 e. The highest BCUT2D eigenvalue weighted by molar-refractivity contribution is 7.89. The molecule has 6 nitrogen and oxygen atoms in total. The molecule has 0 atom stereocenters. The largest absolute Gasteiger partial charge is 0.495 e. The summed E-state index contributed by atoms with van der Waals surface area (Å²) in [4.78, 5) is 14.9. The van der Waals surface area contributed by atoms with Crippen molar-refractivity contribution in [1.29, 1.82) is 0 Å². The van der Waals surface area contributed by atoms with Crippen molar-refractivity contribution >= 4 is 15.9 Å².